The molecule has 3 nitrogen and oxygen atoms in total. The quantitative estimate of drug-likeness (QED) is 0.869. The molecule has 1 atom stereocenters. The number of sulfonamides is 1. The minimum absolute atomic E-state index is 0.346. The third kappa shape index (κ3) is 3.11. The van der Waals surface area contributed by atoms with Crippen LogP contribution in [0.15, 0.2) is 53.4 Å². The van der Waals surface area contributed by atoms with Crippen molar-refractivity contribution in [2.45, 2.75) is 17.2 Å². The van der Waals surface area contributed by atoms with Crippen molar-refractivity contribution in [1.29, 1.82) is 0 Å². The fraction of sp³-hybridized carbons (Fsp3) is 0.143. The third-order valence-electron chi connectivity index (χ3n) is 2.76. The molecule has 0 aliphatic heterocycles. The van der Waals surface area contributed by atoms with Gasteiger partial charge in [0.05, 0.1) is 11.1 Å². The van der Waals surface area contributed by atoms with Gasteiger partial charge in [0.15, 0.2) is 0 Å². The number of para-hydroxylation sites is 1. The van der Waals surface area contributed by atoms with Crippen LogP contribution in [0.5, 0.6) is 0 Å². The lowest BCUT2D eigenvalue weighted by molar-refractivity contribution is 0.570. The average Bonchev–Trinajstić information content (AvgIpc) is 2.39. The molecule has 6 heteroatoms. The average molecular weight is 314 g/mol. The monoisotopic (exact) mass is 313 g/mol. The molecule has 106 valence electrons. The summed E-state index contributed by atoms with van der Waals surface area (Å²) in [6, 6.07) is 12.0. The Balaban J connectivity index is 2.42. The molecule has 0 aliphatic rings. The maximum atomic E-state index is 13.6. The molecule has 0 aliphatic carbocycles. The fourth-order valence-corrected chi connectivity index (χ4v) is 3.16. The zero-order valence-corrected chi connectivity index (χ0v) is 12.2. The van der Waals surface area contributed by atoms with Gasteiger partial charge in [0.2, 0.25) is 0 Å². The molecule has 2 aromatic rings. The highest BCUT2D eigenvalue weighted by Gasteiger charge is 2.20. The van der Waals surface area contributed by atoms with Gasteiger partial charge in [0, 0.05) is 0 Å². The van der Waals surface area contributed by atoms with E-state index in [0.29, 0.717) is 11.3 Å². The molecule has 0 heterocycles. The first-order chi connectivity index (χ1) is 9.42. The highest BCUT2D eigenvalue weighted by molar-refractivity contribution is 7.92. The predicted molar refractivity (Wildman–Crippen MR) is 77.9 cm³/mol. The second kappa shape index (κ2) is 5.81. The Kier molecular flexibility index (Phi) is 4.30. The van der Waals surface area contributed by atoms with Crippen LogP contribution in [-0.4, -0.2) is 8.42 Å². The van der Waals surface area contributed by atoms with Crippen molar-refractivity contribution in [3.05, 3.63) is 59.9 Å². The first kappa shape index (κ1) is 14.8. The summed E-state index contributed by atoms with van der Waals surface area (Å²) >= 11 is 6.01. The van der Waals surface area contributed by atoms with Crippen LogP contribution in [0.3, 0.4) is 0 Å². The van der Waals surface area contributed by atoms with Crippen LogP contribution in [0.2, 0.25) is 0 Å². The lowest BCUT2D eigenvalue weighted by Gasteiger charge is -2.14. The summed E-state index contributed by atoms with van der Waals surface area (Å²) in [6.45, 7) is 1.73. The minimum atomic E-state index is -3.98. The Morgan fingerprint density at radius 2 is 1.70 bits per heavy atom. The zero-order chi connectivity index (χ0) is 14.8. The number of hydrogen-bond donors (Lipinski definition) is 1. The highest BCUT2D eigenvalue weighted by atomic mass is 35.5. The largest absolute Gasteiger partial charge is 0.279 e. The maximum absolute atomic E-state index is 13.6. The Labute approximate surface area is 122 Å². The SMILES string of the molecule is CC(Cl)c1ccccc1NS(=O)(=O)c1ccccc1F. The molecule has 1 unspecified atom stereocenters. The van der Waals surface area contributed by atoms with E-state index in [1.807, 2.05) is 0 Å². The molecule has 0 aromatic heterocycles. The Bertz CT molecular complexity index is 717. The molecule has 0 bridgehead atoms. The number of halogens is 2. The fourth-order valence-electron chi connectivity index (χ4n) is 1.80. The van der Waals surface area contributed by atoms with E-state index in [-0.39, 0.29) is 5.38 Å². The molecule has 2 rings (SSSR count). The van der Waals surface area contributed by atoms with Crippen LogP contribution < -0.4 is 4.72 Å². The van der Waals surface area contributed by atoms with Crippen LogP contribution in [0.4, 0.5) is 10.1 Å². The van der Waals surface area contributed by atoms with Gasteiger partial charge in [-0.05, 0) is 30.7 Å². The third-order valence-corrected chi connectivity index (χ3v) is 4.39. The van der Waals surface area contributed by atoms with Gasteiger partial charge in [0.25, 0.3) is 10.0 Å². The molecule has 0 fully saturated rings. The summed E-state index contributed by atoms with van der Waals surface area (Å²) in [4.78, 5) is -0.392. The van der Waals surface area contributed by atoms with E-state index in [2.05, 4.69) is 4.72 Å². The van der Waals surface area contributed by atoms with E-state index in [1.54, 1.807) is 31.2 Å². The Hall–Kier alpha value is -1.59. The number of rotatable bonds is 4. The molecule has 0 amide bonds. The van der Waals surface area contributed by atoms with Crippen LogP contribution in [-0.2, 0) is 10.0 Å². The van der Waals surface area contributed by atoms with Crippen molar-refractivity contribution >= 4 is 27.3 Å². The number of benzene rings is 2. The number of hydrogen-bond acceptors (Lipinski definition) is 2. The van der Waals surface area contributed by atoms with Crippen LogP contribution in [0, 0.1) is 5.82 Å². The van der Waals surface area contributed by atoms with Gasteiger partial charge >= 0.3 is 0 Å². The highest BCUT2D eigenvalue weighted by Crippen LogP contribution is 2.29. The minimum Gasteiger partial charge on any atom is -0.279 e. The summed E-state index contributed by atoms with van der Waals surface area (Å²) in [5.74, 6) is -0.795. The van der Waals surface area contributed by atoms with Gasteiger partial charge in [-0.2, -0.15) is 0 Å². The summed E-state index contributed by atoms with van der Waals surface area (Å²) in [5.41, 5.74) is 0.979. The van der Waals surface area contributed by atoms with Crippen LogP contribution in [0.1, 0.15) is 17.9 Å². The summed E-state index contributed by atoms with van der Waals surface area (Å²) < 4.78 is 40.4. The Morgan fingerprint density at radius 1 is 1.10 bits per heavy atom. The zero-order valence-electron chi connectivity index (χ0n) is 10.7. The standard InChI is InChI=1S/C14H13ClFNO2S/c1-10(15)11-6-2-4-8-13(11)17-20(18,19)14-9-5-3-7-12(14)16/h2-10,17H,1H3. The van der Waals surface area contributed by atoms with Crippen molar-refractivity contribution in [1.82, 2.24) is 0 Å². The van der Waals surface area contributed by atoms with E-state index in [0.717, 1.165) is 6.07 Å². The van der Waals surface area contributed by atoms with E-state index in [9.17, 15) is 12.8 Å². The molecule has 0 saturated carbocycles. The topological polar surface area (TPSA) is 46.2 Å². The number of nitrogens with one attached hydrogen (secondary N) is 1. The van der Waals surface area contributed by atoms with Crippen molar-refractivity contribution in [3.63, 3.8) is 0 Å². The molecule has 0 radical (unpaired) electrons. The maximum Gasteiger partial charge on any atom is 0.264 e. The molecule has 2 aromatic carbocycles. The van der Waals surface area contributed by atoms with Crippen molar-refractivity contribution in [2.75, 3.05) is 4.72 Å². The summed E-state index contributed by atoms with van der Waals surface area (Å²) in [7, 11) is -3.98. The molecular weight excluding hydrogens is 301 g/mol. The van der Waals surface area contributed by atoms with Gasteiger partial charge < -0.3 is 0 Å². The first-order valence-corrected chi connectivity index (χ1v) is 7.84. The van der Waals surface area contributed by atoms with Gasteiger partial charge in [-0.15, -0.1) is 11.6 Å². The van der Waals surface area contributed by atoms with Crippen LogP contribution >= 0.6 is 11.6 Å². The second-order valence-corrected chi connectivity index (χ2v) is 6.54. The summed E-state index contributed by atoms with van der Waals surface area (Å²) in [5, 5.41) is -0.366. The lowest BCUT2D eigenvalue weighted by atomic mass is 10.1. The van der Waals surface area contributed by atoms with E-state index < -0.39 is 20.7 Å². The summed E-state index contributed by atoms with van der Waals surface area (Å²) in [6.07, 6.45) is 0. The van der Waals surface area contributed by atoms with Crippen molar-refractivity contribution in [2.24, 2.45) is 0 Å². The molecular formula is C14H13ClFNO2S. The van der Waals surface area contributed by atoms with E-state index in [4.69, 9.17) is 11.6 Å². The van der Waals surface area contributed by atoms with Crippen molar-refractivity contribution < 1.29 is 12.8 Å². The van der Waals surface area contributed by atoms with Gasteiger partial charge in [0.1, 0.15) is 10.7 Å². The Morgan fingerprint density at radius 3 is 2.35 bits per heavy atom. The van der Waals surface area contributed by atoms with Crippen LogP contribution in [0.25, 0.3) is 0 Å². The first-order valence-electron chi connectivity index (χ1n) is 5.92. The number of alkyl halides is 1. The van der Waals surface area contributed by atoms with E-state index >= 15 is 0 Å². The van der Waals surface area contributed by atoms with Crippen molar-refractivity contribution in [3.8, 4) is 0 Å². The molecule has 0 saturated heterocycles. The smallest absolute Gasteiger partial charge is 0.264 e. The molecule has 20 heavy (non-hydrogen) atoms. The van der Waals surface area contributed by atoms with E-state index in [1.165, 1.54) is 18.2 Å². The van der Waals surface area contributed by atoms with Gasteiger partial charge in [-0.25, -0.2) is 12.8 Å². The van der Waals surface area contributed by atoms with Gasteiger partial charge in [-0.3, -0.25) is 4.72 Å². The lowest BCUT2D eigenvalue weighted by Crippen LogP contribution is -2.15. The predicted octanol–water partition coefficient (Wildman–Crippen LogP) is 3.93. The molecule has 1 N–H and O–H groups in total. The molecule has 0 spiro atoms. The number of anilines is 1. The second-order valence-electron chi connectivity index (χ2n) is 4.24. The van der Waals surface area contributed by atoms with Gasteiger partial charge in [-0.1, -0.05) is 30.3 Å². The normalized spacial score (nSPS) is 12.9.